The van der Waals surface area contributed by atoms with Crippen molar-refractivity contribution in [2.24, 2.45) is 0 Å². The Kier molecular flexibility index (Phi) is 5.93. The summed E-state index contributed by atoms with van der Waals surface area (Å²) < 4.78 is 1.81. The van der Waals surface area contributed by atoms with Crippen LogP contribution >= 0.6 is 0 Å². The first-order chi connectivity index (χ1) is 15.4. The Bertz CT molecular complexity index is 1320. The van der Waals surface area contributed by atoms with Crippen molar-refractivity contribution < 1.29 is 4.79 Å². The normalized spacial score (nSPS) is 10.8. The minimum Gasteiger partial charge on any atom is -0.324 e. The van der Waals surface area contributed by atoms with Gasteiger partial charge in [0.25, 0.3) is 5.56 Å². The molecule has 1 aromatic carbocycles. The maximum absolute atomic E-state index is 12.7. The van der Waals surface area contributed by atoms with Crippen molar-refractivity contribution in [3.63, 3.8) is 0 Å². The highest BCUT2D eigenvalue weighted by Gasteiger charge is 2.14. The third kappa shape index (κ3) is 4.49. The molecule has 0 saturated carbocycles. The topological polar surface area (TPSA) is 106 Å². The molecule has 0 aliphatic rings. The van der Waals surface area contributed by atoms with E-state index in [0.717, 1.165) is 22.6 Å². The van der Waals surface area contributed by atoms with Crippen LogP contribution in [0.1, 0.15) is 29.1 Å². The van der Waals surface area contributed by atoms with E-state index in [1.165, 1.54) is 0 Å². The van der Waals surface area contributed by atoms with E-state index >= 15 is 0 Å². The molecule has 3 heterocycles. The first kappa shape index (κ1) is 21.2. The number of nitrogens with one attached hydrogen (secondary N) is 2. The van der Waals surface area contributed by atoms with E-state index < -0.39 is 0 Å². The van der Waals surface area contributed by atoms with E-state index in [-0.39, 0.29) is 17.9 Å². The fourth-order valence-electron chi connectivity index (χ4n) is 3.64. The number of hydrogen-bond acceptors (Lipinski definition) is 5. The number of aromatic nitrogens is 5. The summed E-state index contributed by atoms with van der Waals surface area (Å²) in [5.41, 5.74) is 5.00. The number of rotatable bonds is 6. The van der Waals surface area contributed by atoms with Crippen LogP contribution in [-0.2, 0) is 11.2 Å². The first-order valence-electron chi connectivity index (χ1n) is 10.3. The van der Waals surface area contributed by atoms with Crippen LogP contribution in [0.15, 0.2) is 59.7 Å². The van der Waals surface area contributed by atoms with Gasteiger partial charge in [-0.2, -0.15) is 5.10 Å². The molecular weight excluding hydrogens is 404 g/mol. The van der Waals surface area contributed by atoms with Crippen molar-refractivity contribution in [3.05, 3.63) is 87.9 Å². The van der Waals surface area contributed by atoms with Crippen LogP contribution in [0.4, 0.5) is 5.69 Å². The molecule has 0 unspecified atom stereocenters. The minimum absolute atomic E-state index is 0.158. The van der Waals surface area contributed by atoms with Crippen molar-refractivity contribution in [1.82, 2.24) is 24.7 Å². The summed E-state index contributed by atoms with van der Waals surface area (Å²) in [6.45, 7) is 5.68. The molecule has 8 heteroatoms. The number of H-pyrrole nitrogens is 1. The molecule has 2 N–H and O–H groups in total. The van der Waals surface area contributed by atoms with Crippen molar-refractivity contribution >= 4 is 11.6 Å². The number of carbonyl (C=O) groups excluding carboxylic acids is 1. The minimum atomic E-state index is -0.236. The molecule has 0 atom stereocenters. The van der Waals surface area contributed by atoms with Gasteiger partial charge in [-0.1, -0.05) is 12.1 Å². The Hall–Kier alpha value is -4.07. The summed E-state index contributed by atoms with van der Waals surface area (Å²) in [6.07, 6.45) is 3.74. The van der Waals surface area contributed by atoms with E-state index in [0.29, 0.717) is 29.2 Å². The van der Waals surface area contributed by atoms with Gasteiger partial charge >= 0.3 is 0 Å². The lowest BCUT2D eigenvalue weighted by Crippen LogP contribution is -2.20. The number of amides is 1. The second kappa shape index (κ2) is 8.97. The zero-order valence-electron chi connectivity index (χ0n) is 18.2. The molecule has 8 nitrogen and oxygen atoms in total. The van der Waals surface area contributed by atoms with Gasteiger partial charge in [-0.25, -0.2) is 9.67 Å². The van der Waals surface area contributed by atoms with E-state index in [2.05, 4.69) is 25.4 Å². The number of hydrogen-bond donors (Lipinski definition) is 2. The largest absolute Gasteiger partial charge is 0.324 e. The van der Waals surface area contributed by atoms with Crippen LogP contribution in [0.25, 0.3) is 17.1 Å². The predicted molar refractivity (Wildman–Crippen MR) is 123 cm³/mol. The average molecular weight is 428 g/mol. The van der Waals surface area contributed by atoms with Gasteiger partial charge in [0.2, 0.25) is 5.91 Å². The molecule has 0 aliphatic carbocycles. The van der Waals surface area contributed by atoms with E-state index in [9.17, 15) is 9.59 Å². The molecule has 1 amide bonds. The second-order valence-electron chi connectivity index (χ2n) is 7.62. The summed E-state index contributed by atoms with van der Waals surface area (Å²) in [7, 11) is 0. The number of benzene rings is 1. The molecule has 32 heavy (non-hydrogen) atoms. The molecule has 3 aromatic heterocycles. The van der Waals surface area contributed by atoms with E-state index in [1.807, 2.05) is 48.9 Å². The van der Waals surface area contributed by atoms with Gasteiger partial charge < -0.3 is 10.3 Å². The standard InChI is InChI=1S/C24H24N6O2/c1-15-14-16(2)30(29-15)21-7-5-4-6-20(21)27-22(31)9-8-19-17(3)26-23(28-24(19)32)18-10-12-25-13-11-18/h4-7,10-14H,8-9H2,1-3H3,(H,27,31)(H,26,28,32). The van der Waals surface area contributed by atoms with Crippen molar-refractivity contribution in [3.8, 4) is 17.1 Å². The fraction of sp³-hybridized carbons (Fsp3) is 0.208. The Labute approximate surface area is 185 Å². The third-order valence-electron chi connectivity index (χ3n) is 5.19. The van der Waals surface area contributed by atoms with Crippen LogP contribution < -0.4 is 10.9 Å². The van der Waals surface area contributed by atoms with Gasteiger partial charge in [0.05, 0.1) is 17.1 Å². The monoisotopic (exact) mass is 428 g/mol. The number of para-hydroxylation sites is 2. The molecule has 0 bridgehead atoms. The highest BCUT2D eigenvalue weighted by atomic mass is 16.1. The molecule has 4 aromatic rings. The van der Waals surface area contributed by atoms with Crippen LogP contribution in [0.2, 0.25) is 0 Å². The summed E-state index contributed by atoms with van der Waals surface area (Å²) in [5.74, 6) is 0.304. The Morgan fingerprint density at radius 2 is 1.84 bits per heavy atom. The van der Waals surface area contributed by atoms with Gasteiger partial charge in [-0.15, -0.1) is 0 Å². The van der Waals surface area contributed by atoms with E-state index in [1.54, 1.807) is 31.5 Å². The van der Waals surface area contributed by atoms with Crippen LogP contribution in [0, 0.1) is 20.8 Å². The molecule has 0 spiro atoms. The summed E-state index contributed by atoms with van der Waals surface area (Å²) >= 11 is 0. The third-order valence-corrected chi connectivity index (χ3v) is 5.19. The Balaban J connectivity index is 1.49. The molecular formula is C24H24N6O2. The number of carbonyl (C=O) groups is 1. The molecule has 0 fully saturated rings. The summed E-state index contributed by atoms with van der Waals surface area (Å²) in [5, 5.41) is 7.46. The Morgan fingerprint density at radius 1 is 1.09 bits per heavy atom. The summed E-state index contributed by atoms with van der Waals surface area (Å²) in [4.78, 5) is 36.6. The number of nitrogens with zero attached hydrogens (tertiary/aromatic N) is 4. The van der Waals surface area contributed by atoms with E-state index in [4.69, 9.17) is 0 Å². The number of pyridine rings is 1. The maximum atomic E-state index is 12.7. The Morgan fingerprint density at radius 3 is 2.53 bits per heavy atom. The number of anilines is 1. The molecule has 0 aliphatic heterocycles. The van der Waals surface area contributed by atoms with Gasteiger partial charge in [-0.3, -0.25) is 14.6 Å². The molecule has 162 valence electrons. The first-order valence-corrected chi connectivity index (χ1v) is 10.3. The molecule has 4 rings (SSSR count). The van der Waals surface area contributed by atoms with Gasteiger partial charge in [-0.05, 0) is 57.5 Å². The maximum Gasteiger partial charge on any atom is 0.254 e. The fourth-order valence-corrected chi connectivity index (χ4v) is 3.64. The highest BCUT2D eigenvalue weighted by molar-refractivity contribution is 5.93. The summed E-state index contributed by atoms with van der Waals surface area (Å²) in [6, 6.07) is 13.1. The van der Waals surface area contributed by atoms with Crippen molar-refractivity contribution in [2.45, 2.75) is 33.6 Å². The zero-order chi connectivity index (χ0) is 22.7. The average Bonchev–Trinajstić information content (AvgIpc) is 3.11. The lowest BCUT2D eigenvalue weighted by atomic mass is 10.1. The van der Waals surface area contributed by atoms with Gasteiger partial charge in [0.1, 0.15) is 5.82 Å². The van der Waals surface area contributed by atoms with Crippen LogP contribution in [-0.4, -0.2) is 30.6 Å². The zero-order valence-corrected chi connectivity index (χ0v) is 18.2. The van der Waals surface area contributed by atoms with Crippen molar-refractivity contribution in [1.29, 1.82) is 0 Å². The quantitative estimate of drug-likeness (QED) is 0.489. The van der Waals surface area contributed by atoms with Crippen LogP contribution in [0.5, 0.6) is 0 Å². The highest BCUT2D eigenvalue weighted by Crippen LogP contribution is 2.22. The van der Waals surface area contributed by atoms with Gasteiger partial charge in [0.15, 0.2) is 0 Å². The number of aryl methyl sites for hydroxylation is 3. The molecule has 0 saturated heterocycles. The lowest BCUT2D eigenvalue weighted by molar-refractivity contribution is -0.116. The predicted octanol–water partition coefficient (Wildman–Crippen LogP) is 3.51. The van der Waals surface area contributed by atoms with Crippen molar-refractivity contribution in [2.75, 3.05) is 5.32 Å². The number of aromatic amines is 1. The van der Waals surface area contributed by atoms with Gasteiger partial charge in [0, 0.05) is 41.3 Å². The van der Waals surface area contributed by atoms with Crippen LogP contribution in [0.3, 0.4) is 0 Å². The lowest BCUT2D eigenvalue weighted by Gasteiger charge is -2.13. The SMILES string of the molecule is Cc1cc(C)n(-c2ccccc2NC(=O)CCc2c(C)nc(-c3ccncc3)[nH]c2=O)n1. The second-order valence-corrected chi connectivity index (χ2v) is 7.62. The molecule has 0 radical (unpaired) electrons. The smallest absolute Gasteiger partial charge is 0.254 e.